The van der Waals surface area contributed by atoms with Gasteiger partial charge in [0.1, 0.15) is 0 Å². The molecule has 0 bridgehead atoms. The SMILES string of the molecule is O=C(O)c1ccc(S(=O)(=O)N2CCC=C(c3ccc(Cl)c(Cl)c3)N2)cc1. The van der Waals surface area contributed by atoms with Crippen LogP contribution in [-0.4, -0.2) is 30.5 Å². The van der Waals surface area contributed by atoms with Crippen LogP contribution in [0.25, 0.3) is 5.70 Å². The number of hydrogen-bond donors (Lipinski definition) is 2. The Bertz CT molecular complexity index is 988. The maximum Gasteiger partial charge on any atom is 0.335 e. The van der Waals surface area contributed by atoms with Crippen molar-refractivity contribution < 1.29 is 18.3 Å². The molecule has 0 spiro atoms. The number of carboxylic acid groups (broad SMARTS) is 1. The standard InChI is InChI=1S/C17H14Cl2N2O4S/c18-14-8-5-12(10-15(14)19)16-2-1-9-21(20-16)26(24,25)13-6-3-11(4-7-13)17(22)23/h2-8,10,20H,1,9H2,(H,22,23). The second-order valence-electron chi connectivity index (χ2n) is 5.55. The van der Waals surface area contributed by atoms with E-state index in [9.17, 15) is 13.2 Å². The quantitative estimate of drug-likeness (QED) is 0.800. The molecule has 0 aromatic heterocycles. The molecule has 1 heterocycles. The fourth-order valence-corrected chi connectivity index (χ4v) is 4.08. The number of hydrogen-bond acceptors (Lipinski definition) is 4. The Kier molecular flexibility index (Phi) is 5.24. The third-order valence-electron chi connectivity index (χ3n) is 3.85. The number of nitrogens with one attached hydrogen (secondary N) is 1. The zero-order valence-electron chi connectivity index (χ0n) is 13.3. The van der Waals surface area contributed by atoms with Gasteiger partial charge in [0.05, 0.1) is 26.2 Å². The van der Waals surface area contributed by atoms with Gasteiger partial charge in [0.15, 0.2) is 0 Å². The first-order valence-electron chi connectivity index (χ1n) is 7.57. The lowest BCUT2D eigenvalue weighted by Gasteiger charge is -2.28. The highest BCUT2D eigenvalue weighted by molar-refractivity contribution is 7.89. The normalized spacial score (nSPS) is 15.2. The molecule has 3 rings (SSSR count). The highest BCUT2D eigenvalue weighted by atomic mass is 35.5. The van der Waals surface area contributed by atoms with Crippen LogP contribution in [0.4, 0.5) is 0 Å². The molecule has 0 saturated carbocycles. The lowest BCUT2D eigenvalue weighted by atomic mass is 10.1. The van der Waals surface area contributed by atoms with Gasteiger partial charge >= 0.3 is 5.97 Å². The van der Waals surface area contributed by atoms with Crippen LogP contribution in [0.5, 0.6) is 0 Å². The number of hydrazine groups is 1. The van der Waals surface area contributed by atoms with Crippen molar-refractivity contribution >= 4 is 44.9 Å². The van der Waals surface area contributed by atoms with Crippen molar-refractivity contribution in [1.29, 1.82) is 0 Å². The Hall–Kier alpha value is -2.06. The van der Waals surface area contributed by atoms with E-state index in [4.69, 9.17) is 28.3 Å². The molecule has 2 aromatic carbocycles. The van der Waals surface area contributed by atoms with E-state index in [-0.39, 0.29) is 17.0 Å². The van der Waals surface area contributed by atoms with Gasteiger partial charge in [-0.25, -0.2) is 13.2 Å². The molecular weight excluding hydrogens is 399 g/mol. The Morgan fingerprint density at radius 2 is 1.77 bits per heavy atom. The van der Waals surface area contributed by atoms with E-state index >= 15 is 0 Å². The van der Waals surface area contributed by atoms with E-state index in [2.05, 4.69) is 5.43 Å². The van der Waals surface area contributed by atoms with E-state index in [1.165, 1.54) is 24.3 Å². The maximum atomic E-state index is 12.8. The van der Waals surface area contributed by atoms with Crippen LogP contribution in [-0.2, 0) is 10.0 Å². The summed E-state index contributed by atoms with van der Waals surface area (Å²) in [5.41, 5.74) is 4.21. The smallest absolute Gasteiger partial charge is 0.335 e. The average molecular weight is 413 g/mol. The first-order chi connectivity index (χ1) is 12.3. The van der Waals surface area contributed by atoms with Crippen LogP contribution in [0, 0.1) is 0 Å². The van der Waals surface area contributed by atoms with Crippen molar-refractivity contribution in [3.63, 3.8) is 0 Å². The number of sulfonamides is 1. The third kappa shape index (κ3) is 3.71. The lowest BCUT2D eigenvalue weighted by molar-refractivity contribution is 0.0696. The molecular formula is C17H14Cl2N2O4S. The first kappa shape index (κ1) is 18.7. The molecule has 1 aliphatic rings. The summed E-state index contributed by atoms with van der Waals surface area (Å²) in [5.74, 6) is -1.12. The van der Waals surface area contributed by atoms with E-state index < -0.39 is 16.0 Å². The Labute approximate surface area is 160 Å². The van der Waals surface area contributed by atoms with E-state index in [1.807, 2.05) is 6.08 Å². The predicted molar refractivity (Wildman–Crippen MR) is 99.5 cm³/mol. The van der Waals surface area contributed by atoms with Crippen molar-refractivity contribution in [2.24, 2.45) is 0 Å². The van der Waals surface area contributed by atoms with Crippen molar-refractivity contribution in [1.82, 2.24) is 9.84 Å². The topological polar surface area (TPSA) is 86.7 Å². The summed E-state index contributed by atoms with van der Waals surface area (Å²) in [6.45, 7) is 0.244. The zero-order valence-corrected chi connectivity index (χ0v) is 15.6. The number of rotatable bonds is 4. The monoisotopic (exact) mass is 412 g/mol. The fourth-order valence-electron chi connectivity index (χ4n) is 2.49. The van der Waals surface area contributed by atoms with Gasteiger partial charge in [-0.05, 0) is 42.8 Å². The van der Waals surface area contributed by atoms with Crippen LogP contribution >= 0.6 is 23.2 Å². The first-order valence-corrected chi connectivity index (χ1v) is 9.77. The summed E-state index contributed by atoms with van der Waals surface area (Å²) >= 11 is 11.9. The van der Waals surface area contributed by atoms with Gasteiger partial charge in [0, 0.05) is 12.1 Å². The van der Waals surface area contributed by atoms with E-state index in [0.717, 1.165) is 4.41 Å². The molecule has 9 heteroatoms. The highest BCUT2D eigenvalue weighted by Gasteiger charge is 2.27. The summed E-state index contributed by atoms with van der Waals surface area (Å²) in [7, 11) is -3.83. The zero-order chi connectivity index (χ0) is 18.9. The molecule has 6 nitrogen and oxygen atoms in total. The molecule has 0 aliphatic carbocycles. The van der Waals surface area contributed by atoms with Crippen molar-refractivity contribution in [3.8, 4) is 0 Å². The Morgan fingerprint density at radius 3 is 2.38 bits per heavy atom. The number of aromatic carboxylic acids is 1. The minimum Gasteiger partial charge on any atom is -0.478 e. The van der Waals surface area contributed by atoms with Gasteiger partial charge in [-0.2, -0.15) is 0 Å². The van der Waals surface area contributed by atoms with Crippen LogP contribution in [0.1, 0.15) is 22.3 Å². The van der Waals surface area contributed by atoms with Crippen LogP contribution in [0.15, 0.2) is 53.4 Å². The molecule has 136 valence electrons. The summed E-state index contributed by atoms with van der Waals surface area (Å²) < 4.78 is 26.7. The summed E-state index contributed by atoms with van der Waals surface area (Å²) in [5, 5.41) is 9.71. The van der Waals surface area contributed by atoms with E-state index in [1.54, 1.807) is 18.2 Å². The van der Waals surface area contributed by atoms with Gasteiger partial charge in [0.2, 0.25) is 0 Å². The van der Waals surface area contributed by atoms with Gasteiger partial charge in [0.25, 0.3) is 10.0 Å². The third-order valence-corrected chi connectivity index (χ3v) is 6.31. The minimum atomic E-state index is -3.83. The van der Waals surface area contributed by atoms with Crippen LogP contribution in [0.2, 0.25) is 10.0 Å². The van der Waals surface area contributed by atoms with Gasteiger partial charge < -0.3 is 10.5 Å². The summed E-state index contributed by atoms with van der Waals surface area (Å²) in [4.78, 5) is 10.9. The average Bonchev–Trinajstić information content (AvgIpc) is 2.64. The largest absolute Gasteiger partial charge is 0.478 e. The second kappa shape index (κ2) is 7.28. The number of carbonyl (C=O) groups is 1. The van der Waals surface area contributed by atoms with E-state index in [0.29, 0.717) is 27.7 Å². The summed E-state index contributed by atoms with van der Waals surface area (Å²) in [6, 6.07) is 10.1. The highest BCUT2D eigenvalue weighted by Crippen LogP contribution is 2.28. The van der Waals surface area contributed by atoms with Crippen molar-refractivity contribution in [2.75, 3.05) is 6.54 Å². The van der Waals surface area contributed by atoms with Crippen LogP contribution < -0.4 is 5.43 Å². The number of benzene rings is 2. The Morgan fingerprint density at radius 1 is 1.08 bits per heavy atom. The van der Waals surface area contributed by atoms with Crippen LogP contribution in [0.3, 0.4) is 0 Å². The molecule has 1 aliphatic heterocycles. The molecule has 0 amide bonds. The number of nitrogens with zero attached hydrogens (tertiary/aromatic N) is 1. The molecule has 2 N–H and O–H groups in total. The molecule has 0 unspecified atom stereocenters. The number of halogens is 2. The molecule has 0 radical (unpaired) electrons. The molecule has 0 fully saturated rings. The lowest BCUT2D eigenvalue weighted by Crippen LogP contribution is -2.44. The predicted octanol–water partition coefficient (Wildman–Crippen LogP) is 3.63. The maximum absolute atomic E-state index is 12.8. The van der Waals surface area contributed by atoms with Gasteiger partial charge in [-0.3, -0.25) is 0 Å². The van der Waals surface area contributed by atoms with Gasteiger partial charge in [-0.1, -0.05) is 35.3 Å². The van der Waals surface area contributed by atoms with Crippen molar-refractivity contribution in [2.45, 2.75) is 11.3 Å². The molecule has 0 saturated heterocycles. The summed E-state index contributed by atoms with van der Waals surface area (Å²) in [6.07, 6.45) is 2.38. The molecule has 0 atom stereocenters. The minimum absolute atomic E-state index is 0.00499. The Balaban J connectivity index is 1.86. The van der Waals surface area contributed by atoms with Crippen molar-refractivity contribution in [3.05, 3.63) is 69.7 Å². The molecule has 26 heavy (non-hydrogen) atoms. The molecule has 2 aromatic rings. The van der Waals surface area contributed by atoms with Gasteiger partial charge in [-0.15, -0.1) is 4.41 Å². The number of carboxylic acids is 1. The fraction of sp³-hybridized carbons (Fsp3) is 0.118. The second-order valence-corrected chi connectivity index (χ2v) is 8.23.